The maximum absolute atomic E-state index is 13.8. The fourth-order valence-electron chi connectivity index (χ4n) is 1.57. The van der Waals surface area contributed by atoms with Crippen molar-refractivity contribution in [3.05, 3.63) is 51.8 Å². The van der Waals surface area contributed by atoms with Crippen LogP contribution in [0.1, 0.15) is 5.56 Å². The topological polar surface area (TPSA) is 26.0 Å². The summed E-state index contributed by atoms with van der Waals surface area (Å²) in [4.78, 5) is 0. The van der Waals surface area contributed by atoms with E-state index in [0.29, 0.717) is 32.4 Å². The van der Waals surface area contributed by atoms with Crippen LogP contribution in [0.5, 0.6) is 0 Å². The Hall–Kier alpha value is -1.25. The molecule has 0 amide bonds. The third-order valence-corrected chi connectivity index (χ3v) is 3.33. The number of halogens is 3. The molecule has 0 bridgehead atoms. The highest BCUT2D eigenvalue weighted by Crippen LogP contribution is 2.31. The lowest BCUT2D eigenvalue weighted by molar-refractivity contribution is 0.630. The number of nitrogen functional groups attached to an aromatic ring is 1. The maximum Gasteiger partial charge on any atom is 0.131 e. The Balaban J connectivity index is 2.60. The van der Waals surface area contributed by atoms with Gasteiger partial charge in [-0.3, -0.25) is 0 Å². The summed E-state index contributed by atoms with van der Waals surface area (Å²) in [5.41, 5.74) is 8.11. The first-order valence-corrected chi connectivity index (χ1v) is 5.75. The van der Waals surface area contributed by atoms with Gasteiger partial charge in [0.25, 0.3) is 0 Å². The SMILES string of the molecule is Cc1cc(F)c(-c2ccc(Cl)c(Cl)c2)cc1N. The molecular formula is C13H10Cl2FN. The van der Waals surface area contributed by atoms with Gasteiger partial charge in [-0.05, 0) is 42.3 Å². The van der Waals surface area contributed by atoms with E-state index in [1.807, 2.05) is 0 Å². The van der Waals surface area contributed by atoms with Crippen molar-refractivity contribution in [3.63, 3.8) is 0 Å². The van der Waals surface area contributed by atoms with Gasteiger partial charge in [0.05, 0.1) is 10.0 Å². The smallest absolute Gasteiger partial charge is 0.131 e. The molecular weight excluding hydrogens is 260 g/mol. The zero-order chi connectivity index (χ0) is 12.6. The molecule has 0 aliphatic rings. The van der Waals surface area contributed by atoms with Crippen LogP contribution in [0.4, 0.5) is 10.1 Å². The van der Waals surface area contributed by atoms with Crippen LogP contribution < -0.4 is 5.73 Å². The lowest BCUT2D eigenvalue weighted by Crippen LogP contribution is -1.93. The third-order valence-electron chi connectivity index (χ3n) is 2.59. The van der Waals surface area contributed by atoms with Gasteiger partial charge in [0, 0.05) is 11.3 Å². The first-order chi connectivity index (χ1) is 7.99. The van der Waals surface area contributed by atoms with Gasteiger partial charge >= 0.3 is 0 Å². The average Bonchev–Trinajstić information content (AvgIpc) is 2.27. The second-order valence-electron chi connectivity index (χ2n) is 3.82. The van der Waals surface area contributed by atoms with E-state index in [-0.39, 0.29) is 5.82 Å². The molecule has 0 saturated heterocycles. The van der Waals surface area contributed by atoms with Gasteiger partial charge in [-0.15, -0.1) is 0 Å². The molecule has 2 aromatic rings. The molecule has 0 aromatic heterocycles. The minimum Gasteiger partial charge on any atom is -0.398 e. The molecule has 4 heteroatoms. The predicted molar refractivity (Wildman–Crippen MR) is 71.0 cm³/mol. The van der Waals surface area contributed by atoms with E-state index >= 15 is 0 Å². The summed E-state index contributed by atoms with van der Waals surface area (Å²) in [6.45, 7) is 1.76. The Labute approximate surface area is 109 Å². The summed E-state index contributed by atoms with van der Waals surface area (Å²) < 4.78 is 13.8. The Morgan fingerprint density at radius 1 is 1.06 bits per heavy atom. The number of benzene rings is 2. The molecule has 0 aliphatic carbocycles. The fraction of sp³-hybridized carbons (Fsp3) is 0.0769. The quantitative estimate of drug-likeness (QED) is 0.747. The molecule has 0 saturated carbocycles. The third kappa shape index (κ3) is 2.38. The second kappa shape index (κ2) is 4.55. The van der Waals surface area contributed by atoms with Crippen LogP contribution in [-0.2, 0) is 0 Å². The summed E-state index contributed by atoms with van der Waals surface area (Å²) in [6.07, 6.45) is 0. The number of hydrogen-bond acceptors (Lipinski definition) is 1. The molecule has 0 fully saturated rings. The first kappa shape index (κ1) is 12.2. The molecule has 1 nitrogen and oxygen atoms in total. The average molecular weight is 270 g/mol. The molecule has 0 heterocycles. The molecule has 0 atom stereocenters. The van der Waals surface area contributed by atoms with Crippen molar-refractivity contribution >= 4 is 28.9 Å². The van der Waals surface area contributed by atoms with E-state index in [2.05, 4.69) is 0 Å². The highest BCUT2D eigenvalue weighted by atomic mass is 35.5. The van der Waals surface area contributed by atoms with Gasteiger partial charge in [-0.2, -0.15) is 0 Å². The molecule has 0 spiro atoms. The normalized spacial score (nSPS) is 10.6. The van der Waals surface area contributed by atoms with Gasteiger partial charge < -0.3 is 5.73 Å². The van der Waals surface area contributed by atoms with Gasteiger partial charge in [0.2, 0.25) is 0 Å². The largest absolute Gasteiger partial charge is 0.398 e. The highest BCUT2D eigenvalue weighted by Gasteiger charge is 2.09. The first-order valence-electron chi connectivity index (χ1n) is 5.00. The number of hydrogen-bond donors (Lipinski definition) is 1. The van der Waals surface area contributed by atoms with E-state index in [1.165, 1.54) is 6.07 Å². The second-order valence-corrected chi connectivity index (χ2v) is 4.63. The molecule has 0 unspecified atom stereocenters. The Bertz CT molecular complexity index is 582. The molecule has 2 N–H and O–H groups in total. The van der Waals surface area contributed by atoms with E-state index in [0.717, 1.165) is 0 Å². The van der Waals surface area contributed by atoms with Crippen LogP contribution in [0.3, 0.4) is 0 Å². The van der Waals surface area contributed by atoms with E-state index in [9.17, 15) is 4.39 Å². The fourth-order valence-corrected chi connectivity index (χ4v) is 1.87. The van der Waals surface area contributed by atoms with Crippen molar-refractivity contribution in [1.82, 2.24) is 0 Å². The van der Waals surface area contributed by atoms with Gasteiger partial charge in [0.1, 0.15) is 5.82 Å². The number of rotatable bonds is 1. The van der Waals surface area contributed by atoms with Crippen molar-refractivity contribution in [1.29, 1.82) is 0 Å². The van der Waals surface area contributed by atoms with Crippen molar-refractivity contribution in [2.24, 2.45) is 0 Å². The molecule has 17 heavy (non-hydrogen) atoms. The number of aryl methyl sites for hydroxylation is 1. The maximum atomic E-state index is 13.8. The van der Waals surface area contributed by atoms with Crippen LogP contribution in [0, 0.1) is 12.7 Å². The molecule has 88 valence electrons. The van der Waals surface area contributed by atoms with Crippen LogP contribution in [0.25, 0.3) is 11.1 Å². The van der Waals surface area contributed by atoms with Crippen LogP contribution in [0.15, 0.2) is 30.3 Å². The Kier molecular flexibility index (Phi) is 3.27. The molecule has 0 aliphatic heterocycles. The van der Waals surface area contributed by atoms with Crippen molar-refractivity contribution in [3.8, 4) is 11.1 Å². The van der Waals surface area contributed by atoms with Crippen molar-refractivity contribution in [2.45, 2.75) is 6.92 Å². The monoisotopic (exact) mass is 269 g/mol. The lowest BCUT2D eigenvalue weighted by Gasteiger charge is -2.08. The minimum atomic E-state index is -0.324. The molecule has 0 radical (unpaired) electrons. The molecule has 2 aromatic carbocycles. The van der Waals surface area contributed by atoms with E-state index < -0.39 is 0 Å². The summed E-state index contributed by atoms with van der Waals surface area (Å²) in [7, 11) is 0. The van der Waals surface area contributed by atoms with Crippen molar-refractivity contribution < 1.29 is 4.39 Å². The summed E-state index contributed by atoms with van der Waals surface area (Å²) in [5.74, 6) is -0.324. The van der Waals surface area contributed by atoms with E-state index in [4.69, 9.17) is 28.9 Å². The summed E-state index contributed by atoms with van der Waals surface area (Å²) in [6, 6.07) is 7.98. The van der Waals surface area contributed by atoms with E-state index in [1.54, 1.807) is 31.2 Å². The lowest BCUT2D eigenvalue weighted by atomic mass is 10.0. The van der Waals surface area contributed by atoms with Crippen LogP contribution in [-0.4, -0.2) is 0 Å². The highest BCUT2D eigenvalue weighted by molar-refractivity contribution is 6.42. The van der Waals surface area contributed by atoms with Gasteiger partial charge in [-0.1, -0.05) is 29.3 Å². The van der Waals surface area contributed by atoms with Gasteiger partial charge in [-0.25, -0.2) is 4.39 Å². The van der Waals surface area contributed by atoms with Crippen LogP contribution >= 0.6 is 23.2 Å². The van der Waals surface area contributed by atoms with Crippen LogP contribution in [0.2, 0.25) is 10.0 Å². The zero-order valence-electron chi connectivity index (χ0n) is 9.10. The Morgan fingerprint density at radius 2 is 1.76 bits per heavy atom. The zero-order valence-corrected chi connectivity index (χ0v) is 10.6. The summed E-state index contributed by atoms with van der Waals surface area (Å²) in [5, 5.41) is 0.832. The number of nitrogens with two attached hydrogens (primary N) is 1. The predicted octanol–water partition coefficient (Wildman–Crippen LogP) is 4.69. The summed E-state index contributed by atoms with van der Waals surface area (Å²) >= 11 is 11.7. The van der Waals surface area contributed by atoms with Crippen molar-refractivity contribution in [2.75, 3.05) is 5.73 Å². The Morgan fingerprint density at radius 3 is 2.41 bits per heavy atom. The van der Waals surface area contributed by atoms with Gasteiger partial charge in [0.15, 0.2) is 0 Å². The minimum absolute atomic E-state index is 0.324. The number of anilines is 1. The standard InChI is InChI=1S/C13H10Cl2FN/c1-7-4-12(16)9(6-13(7)17)8-2-3-10(14)11(15)5-8/h2-6H,17H2,1H3. The molecule has 2 rings (SSSR count).